The number of amides is 4. The van der Waals surface area contributed by atoms with E-state index in [-0.39, 0.29) is 32.2 Å². The number of nitrogens with zero attached hydrogens (tertiary/aromatic N) is 1. The Kier molecular flexibility index (Phi) is 9.92. The van der Waals surface area contributed by atoms with Crippen molar-refractivity contribution in [3.63, 3.8) is 0 Å². The Morgan fingerprint density at radius 2 is 1.64 bits per heavy atom. The van der Waals surface area contributed by atoms with Crippen LogP contribution in [0.4, 0.5) is 0 Å². The van der Waals surface area contributed by atoms with Crippen LogP contribution in [0.5, 0.6) is 0 Å². The van der Waals surface area contributed by atoms with E-state index in [0.29, 0.717) is 12.8 Å². The molecule has 42 heavy (non-hydrogen) atoms. The van der Waals surface area contributed by atoms with Crippen LogP contribution in [0.2, 0.25) is 0 Å². The van der Waals surface area contributed by atoms with Gasteiger partial charge in [0.25, 0.3) is 0 Å². The van der Waals surface area contributed by atoms with Crippen molar-refractivity contribution in [3.05, 3.63) is 71.9 Å². The van der Waals surface area contributed by atoms with Gasteiger partial charge in [-0.3, -0.25) is 19.2 Å². The number of H-pyrrole nitrogens is 1. The molecule has 4 atom stereocenters. The molecule has 0 bridgehead atoms. The molecule has 0 saturated carbocycles. The van der Waals surface area contributed by atoms with Gasteiger partial charge in [-0.15, -0.1) is 0 Å². The van der Waals surface area contributed by atoms with Crippen LogP contribution in [0, 0.1) is 0 Å². The largest absolute Gasteiger partial charge is 0.480 e. The number of likely N-dealkylation sites (tertiary alicyclic amines) is 1. The zero-order valence-electron chi connectivity index (χ0n) is 23.1. The van der Waals surface area contributed by atoms with Gasteiger partial charge < -0.3 is 37.1 Å². The molecule has 0 aliphatic carbocycles. The van der Waals surface area contributed by atoms with Crippen LogP contribution in [0.1, 0.15) is 36.8 Å². The van der Waals surface area contributed by atoms with Crippen molar-refractivity contribution in [2.45, 2.75) is 62.7 Å². The highest BCUT2D eigenvalue weighted by Crippen LogP contribution is 2.21. The van der Waals surface area contributed by atoms with Gasteiger partial charge in [-0.25, -0.2) is 4.79 Å². The number of nitrogens with two attached hydrogens (primary N) is 2. The van der Waals surface area contributed by atoms with Crippen LogP contribution in [-0.2, 0) is 36.8 Å². The molecular weight excluding hydrogens is 540 g/mol. The van der Waals surface area contributed by atoms with Crippen LogP contribution in [0.25, 0.3) is 10.9 Å². The zero-order valence-corrected chi connectivity index (χ0v) is 23.1. The van der Waals surface area contributed by atoms with Gasteiger partial charge in [0, 0.05) is 36.5 Å². The number of aliphatic carboxylic acids is 1. The van der Waals surface area contributed by atoms with Gasteiger partial charge >= 0.3 is 5.97 Å². The van der Waals surface area contributed by atoms with Crippen molar-refractivity contribution in [2.75, 3.05) is 6.54 Å². The van der Waals surface area contributed by atoms with Crippen LogP contribution in [-0.4, -0.2) is 75.3 Å². The minimum atomic E-state index is -1.21. The van der Waals surface area contributed by atoms with E-state index in [1.54, 1.807) is 30.5 Å². The maximum atomic E-state index is 13.6. The van der Waals surface area contributed by atoms with Gasteiger partial charge in [-0.2, -0.15) is 0 Å². The van der Waals surface area contributed by atoms with Crippen molar-refractivity contribution in [2.24, 2.45) is 11.5 Å². The quantitative estimate of drug-likeness (QED) is 0.171. The second-order valence-electron chi connectivity index (χ2n) is 10.5. The zero-order chi connectivity index (χ0) is 30.2. The van der Waals surface area contributed by atoms with Gasteiger partial charge in [-0.05, 0) is 42.9 Å². The Morgan fingerprint density at radius 1 is 0.952 bits per heavy atom. The lowest BCUT2D eigenvalue weighted by atomic mass is 10.0. The van der Waals surface area contributed by atoms with E-state index in [9.17, 15) is 29.1 Å². The average molecular weight is 577 g/mol. The smallest absolute Gasteiger partial charge is 0.326 e. The minimum Gasteiger partial charge on any atom is -0.480 e. The van der Waals surface area contributed by atoms with Gasteiger partial charge in [0.2, 0.25) is 23.6 Å². The standard InChI is InChI=1S/C30H36N6O6/c31-21(16-19-17-33-22-10-5-4-9-20(19)22)27(38)35-24(15-18-7-2-1-3-8-18)28(39)34-23(12-13-26(32)37)29(40)36-14-6-11-25(36)30(41)42/h1-5,7-10,17,21,23-25,33H,6,11-16,31H2,(H2,32,37)(H,34,39)(H,35,38)(H,41,42). The number of hydrogen-bond acceptors (Lipinski definition) is 6. The summed E-state index contributed by atoms with van der Waals surface area (Å²) in [5, 5.41) is 15.9. The Labute approximate surface area is 242 Å². The number of aromatic amines is 1. The van der Waals surface area contributed by atoms with Gasteiger partial charge in [0.15, 0.2) is 0 Å². The number of benzene rings is 2. The summed E-state index contributed by atoms with van der Waals surface area (Å²) in [4.78, 5) is 67.8. The van der Waals surface area contributed by atoms with Crippen molar-refractivity contribution in [3.8, 4) is 0 Å². The molecule has 1 aromatic heterocycles. The number of aromatic nitrogens is 1. The van der Waals surface area contributed by atoms with E-state index in [1.165, 1.54) is 4.90 Å². The second kappa shape index (κ2) is 13.8. The van der Waals surface area contributed by atoms with Crippen molar-refractivity contribution in [1.29, 1.82) is 0 Å². The molecule has 2 heterocycles. The highest BCUT2D eigenvalue weighted by molar-refractivity contribution is 5.95. The molecule has 12 heteroatoms. The van der Waals surface area contributed by atoms with Crippen LogP contribution in [0.15, 0.2) is 60.8 Å². The Hall–Kier alpha value is -4.71. The van der Waals surface area contributed by atoms with Crippen LogP contribution in [0.3, 0.4) is 0 Å². The fourth-order valence-corrected chi connectivity index (χ4v) is 5.27. The first kappa shape index (κ1) is 30.3. The number of carboxylic acid groups (broad SMARTS) is 1. The molecule has 4 unspecified atom stereocenters. The summed E-state index contributed by atoms with van der Waals surface area (Å²) in [6, 6.07) is 12.4. The fourth-order valence-electron chi connectivity index (χ4n) is 5.27. The number of rotatable bonds is 13. The lowest BCUT2D eigenvalue weighted by molar-refractivity contribution is -0.149. The van der Waals surface area contributed by atoms with Crippen LogP contribution < -0.4 is 22.1 Å². The normalized spacial score (nSPS) is 16.9. The molecule has 8 N–H and O–H groups in total. The number of carbonyl (C=O) groups is 5. The summed E-state index contributed by atoms with van der Waals surface area (Å²) >= 11 is 0. The van der Waals surface area contributed by atoms with Gasteiger partial charge in [-0.1, -0.05) is 48.5 Å². The topological polar surface area (TPSA) is 201 Å². The number of carbonyl (C=O) groups excluding carboxylic acids is 4. The maximum Gasteiger partial charge on any atom is 0.326 e. The molecule has 12 nitrogen and oxygen atoms in total. The first-order chi connectivity index (χ1) is 20.1. The highest BCUT2D eigenvalue weighted by atomic mass is 16.4. The molecule has 1 aliphatic rings. The summed E-state index contributed by atoms with van der Waals surface area (Å²) in [7, 11) is 0. The Morgan fingerprint density at radius 3 is 2.36 bits per heavy atom. The Bertz CT molecular complexity index is 1440. The number of carboxylic acids is 1. The molecule has 4 amide bonds. The van der Waals surface area contributed by atoms with E-state index >= 15 is 0 Å². The predicted octanol–water partition coefficient (Wildman–Crippen LogP) is 0.591. The van der Waals surface area contributed by atoms with E-state index in [4.69, 9.17) is 11.5 Å². The molecule has 222 valence electrons. The molecule has 1 saturated heterocycles. The first-order valence-electron chi connectivity index (χ1n) is 13.9. The predicted molar refractivity (Wildman–Crippen MR) is 155 cm³/mol. The summed E-state index contributed by atoms with van der Waals surface area (Å²) in [6.07, 6.45) is 2.60. The van der Waals surface area contributed by atoms with E-state index in [1.807, 2.05) is 30.3 Å². The minimum absolute atomic E-state index is 0.108. The number of para-hydroxylation sites is 1. The third-order valence-electron chi connectivity index (χ3n) is 7.48. The molecule has 1 fully saturated rings. The number of fused-ring (bicyclic) bond motifs is 1. The Balaban J connectivity index is 1.51. The molecular formula is C30H36N6O6. The summed E-state index contributed by atoms with van der Waals surface area (Å²) in [5.74, 6) is -3.65. The van der Waals surface area contributed by atoms with Crippen LogP contribution >= 0.6 is 0 Å². The lowest BCUT2D eigenvalue weighted by Crippen LogP contribution is -2.58. The fraction of sp³-hybridized carbons (Fsp3) is 0.367. The number of nitrogens with one attached hydrogen (secondary N) is 3. The number of hydrogen-bond donors (Lipinski definition) is 6. The summed E-state index contributed by atoms with van der Waals surface area (Å²) in [5.41, 5.74) is 14.1. The monoisotopic (exact) mass is 576 g/mol. The van der Waals surface area contributed by atoms with Gasteiger partial charge in [0.1, 0.15) is 18.1 Å². The highest BCUT2D eigenvalue weighted by Gasteiger charge is 2.38. The molecule has 4 rings (SSSR count). The molecule has 0 radical (unpaired) electrons. The van der Waals surface area contributed by atoms with Gasteiger partial charge in [0.05, 0.1) is 6.04 Å². The van der Waals surface area contributed by atoms with E-state index < -0.39 is 53.8 Å². The number of primary amides is 1. The van der Waals surface area contributed by atoms with E-state index in [0.717, 1.165) is 22.0 Å². The average Bonchev–Trinajstić information content (AvgIpc) is 3.63. The summed E-state index contributed by atoms with van der Waals surface area (Å²) in [6.45, 7) is 0.214. The first-order valence-corrected chi connectivity index (χ1v) is 13.9. The SMILES string of the molecule is NC(=O)CCC(NC(=O)C(Cc1ccccc1)NC(=O)C(N)Cc1c[nH]c2ccccc12)C(=O)N1CCCC1C(=O)O. The molecule has 1 aliphatic heterocycles. The van der Waals surface area contributed by atoms with Crippen molar-refractivity contribution < 1.29 is 29.1 Å². The summed E-state index contributed by atoms with van der Waals surface area (Å²) < 4.78 is 0. The van der Waals surface area contributed by atoms with Crippen molar-refractivity contribution >= 4 is 40.5 Å². The maximum absolute atomic E-state index is 13.6. The third kappa shape index (κ3) is 7.52. The third-order valence-corrected chi connectivity index (χ3v) is 7.48. The second-order valence-corrected chi connectivity index (χ2v) is 10.5. The van der Waals surface area contributed by atoms with Crippen molar-refractivity contribution in [1.82, 2.24) is 20.5 Å². The molecule has 0 spiro atoms. The molecule has 2 aromatic carbocycles. The van der Waals surface area contributed by atoms with E-state index in [2.05, 4.69) is 15.6 Å². The lowest BCUT2D eigenvalue weighted by Gasteiger charge is -2.29. The molecule has 3 aromatic rings.